The molecule has 0 saturated heterocycles. The van der Waals surface area contributed by atoms with Gasteiger partial charge in [0.15, 0.2) is 0 Å². The second-order valence-corrected chi connectivity index (χ2v) is 1.44. The van der Waals surface area contributed by atoms with E-state index in [1.165, 1.54) is 6.41 Å². The normalized spacial score (nSPS) is 8.40. The van der Waals surface area contributed by atoms with Crippen LogP contribution in [-0.4, -0.2) is 24.6 Å². The fraction of sp³-hybridized carbons (Fsp3) is 0.750. The predicted molar refractivity (Wildman–Crippen MR) is 31.3 cm³/mol. The zero-order valence-corrected chi connectivity index (χ0v) is 5.20. The quantitative estimate of drug-likeness (QED) is 0.232. The lowest BCUT2D eigenvalue weighted by Gasteiger charge is -1.95. The van der Waals surface area contributed by atoms with E-state index in [0.717, 1.165) is 0 Å². The van der Waals surface area contributed by atoms with Crippen molar-refractivity contribution in [3.63, 3.8) is 0 Å². The van der Waals surface area contributed by atoms with Gasteiger partial charge in [-0.15, -0.1) is 10.1 Å². The van der Waals surface area contributed by atoms with E-state index in [-0.39, 0.29) is 6.61 Å². The summed E-state index contributed by atoms with van der Waals surface area (Å²) in [5, 5.41) is 10.9. The Bertz CT molecular complexity index is 116. The van der Waals surface area contributed by atoms with Gasteiger partial charge in [-0.2, -0.15) is 0 Å². The van der Waals surface area contributed by atoms with Gasteiger partial charge in [0.1, 0.15) is 0 Å². The SMILES string of the molecule is O=[C]NCCCO[N+](=O)[O-]. The standard InChI is InChI=1S/C4H7N2O4/c7-4-5-2-1-3-10-6(8)9/h1-3H2,(H,5,7). The Labute approximate surface area is 57.3 Å². The number of hydrogen-bond acceptors (Lipinski definition) is 4. The largest absolute Gasteiger partial charge is 0.348 e. The van der Waals surface area contributed by atoms with Crippen LogP contribution in [0.5, 0.6) is 0 Å². The van der Waals surface area contributed by atoms with Crippen LogP contribution in [0.2, 0.25) is 0 Å². The maximum atomic E-state index is 9.52. The van der Waals surface area contributed by atoms with Gasteiger partial charge >= 0.3 is 6.41 Å². The molecule has 0 saturated carbocycles. The molecule has 0 aromatic carbocycles. The zero-order valence-electron chi connectivity index (χ0n) is 5.20. The molecule has 0 aromatic heterocycles. The molecule has 0 bridgehead atoms. The molecule has 0 aromatic rings. The molecule has 0 atom stereocenters. The molecule has 0 aliphatic rings. The number of amides is 1. The van der Waals surface area contributed by atoms with Crippen LogP contribution in [0.25, 0.3) is 0 Å². The highest BCUT2D eigenvalue weighted by Crippen LogP contribution is 1.79. The van der Waals surface area contributed by atoms with E-state index in [2.05, 4.69) is 10.2 Å². The van der Waals surface area contributed by atoms with Crippen molar-refractivity contribution in [2.24, 2.45) is 0 Å². The number of nitrogens with one attached hydrogen (secondary N) is 1. The van der Waals surface area contributed by atoms with Crippen molar-refractivity contribution in [2.75, 3.05) is 13.2 Å². The molecule has 1 amide bonds. The van der Waals surface area contributed by atoms with Gasteiger partial charge in [0.2, 0.25) is 0 Å². The lowest BCUT2D eigenvalue weighted by atomic mass is 10.5. The van der Waals surface area contributed by atoms with Gasteiger partial charge in [0.25, 0.3) is 5.09 Å². The first-order chi connectivity index (χ1) is 4.77. The molecule has 1 N–H and O–H groups in total. The molecule has 1 radical (unpaired) electrons. The van der Waals surface area contributed by atoms with Gasteiger partial charge in [-0.05, 0) is 6.42 Å². The van der Waals surface area contributed by atoms with Gasteiger partial charge in [-0.1, -0.05) is 0 Å². The van der Waals surface area contributed by atoms with E-state index in [0.29, 0.717) is 13.0 Å². The van der Waals surface area contributed by atoms with Crippen molar-refractivity contribution < 1.29 is 14.7 Å². The van der Waals surface area contributed by atoms with Gasteiger partial charge in [-0.3, -0.25) is 4.79 Å². The minimum atomic E-state index is -0.870. The first-order valence-electron chi connectivity index (χ1n) is 2.64. The topological polar surface area (TPSA) is 81.5 Å². The average Bonchev–Trinajstić information content (AvgIpc) is 1.87. The van der Waals surface area contributed by atoms with Crippen molar-refractivity contribution in [3.8, 4) is 0 Å². The molecule has 0 aliphatic carbocycles. The van der Waals surface area contributed by atoms with Crippen LogP contribution in [0.3, 0.4) is 0 Å². The van der Waals surface area contributed by atoms with Crippen molar-refractivity contribution >= 4 is 6.41 Å². The van der Waals surface area contributed by atoms with E-state index in [1.807, 2.05) is 0 Å². The molecule has 57 valence electrons. The third-order valence-corrected chi connectivity index (χ3v) is 0.715. The summed E-state index contributed by atoms with van der Waals surface area (Å²) in [6, 6.07) is 0. The molecule has 0 aliphatic heterocycles. The Morgan fingerprint density at radius 3 is 2.90 bits per heavy atom. The van der Waals surface area contributed by atoms with E-state index >= 15 is 0 Å². The summed E-state index contributed by atoms with van der Waals surface area (Å²) >= 11 is 0. The Morgan fingerprint density at radius 1 is 1.70 bits per heavy atom. The van der Waals surface area contributed by atoms with E-state index < -0.39 is 5.09 Å². The first kappa shape index (κ1) is 8.67. The molecule has 10 heavy (non-hydrogen) atoms. The number of carbonyl (C=O) groups excluding carboxylic acids is 1. The summed E-state index contributed by atoms with van der Waals surface area (Å²) in [6.07, 6.45) is 1.84. The molecule has 6 nitrogen and oxygen atoms in total. The van der Waals surface area contributed by atoms with E-state index in [9.17, 15) is 14.9 Å². The Kier molecular flexibility index (Phi) is 5.03. The maximum Gasteiger partial charge on any atom is 0.309 e. The lowest BCUT2D eigenvalue weighted by molar-refractivity contribution is -0.757. The molecule has 0 heterocycles. The smallest absolute Gasteiger partial charge is 0.309 e. The highest BCUT2D eigenvalue weighted by atomic mass is 16.9. The van der Waals surface area contributed by atoms with Crippen molar-refractivity contribution in [1.29, 1.82) is 0 Å². The predicted octanol–water partition coefficient (Wildman–Crippen LogP) is -0.758. The number of hydrogen-bond donors (Lipinski definition) is 1. The minimum Gasteiger partial charge on any atom is -0.348 e. The summed E-state index contributed by atoms with van der Waals surface area (Å²) < 4.78 is 0. The summed E-state index contributed by atoms with van der Waals surface area (Å²) in [6.45, 7) is 0.346. The van der Waals surface area contributed by atoms with Crippen LogP contribution in [0.4, 0.5) is 0 Å². The van der Waals surface area contributed by atoms with Crippen LogP contribution in [0.1, 0.15) is 6.42 Å². The molecular formula is C4H7N2O4. The van der Waals surface area contributed by atoms with Crippen LogP contribution >= 0.6 is 0 Å². The molecular weight excluding hydrogens is 140 g/mol. The van der Waals surface area contributed by atoms with Gasteiger partial charge in [-0.25, -0.2) is 0 Å². The molecule has 6 heteroatoms. The fourth-order valence-corrected chi connectivity index (χ4v) is 0.351. The van der Waals surface area contributed by atoms with Gasteiger partial charge in [0, 0.05) is 6.54 Å². The second-order valence-electron chi connectivity index (χ2n) is 1.44. The monoisotopic (exact) mass is 147 g/mol. The van der Waals surface area contributed by atoms with E-state index in [1.54, 1.807) is 0 Å². The van der Waals surface area contributed by atoms with Gasteiger partial charge in [0.05, 0.1) is 6.61 Å². The van der Waals surface area contributed by atoms with Crippen LogP contribution in [0.15, 0.2) is 0 Å². The molecule has 0 rings (SSSR count). The van der Waals surface area contributed by atoms with E-state index in [4.69, 9.17) is 0 Å². The fourth-order valence-electron chi connectivity index (χ4n) is 0.351. The van der Waals surface area contributed by atoms with Crippen LogP contribution < -0.4 is 5.32 Å². The van der Waals surface area contributed by atoms with Crippen LogP contribution in [-0.2, 0) is 9.63 Å². The zero-order chi connectivity index (χ0) is 7.82. The third-order valence-electron chi connectivity index (χ3n) is 0.715. The molecule has 0 spiro atoms. The summed E-state index contributed by atoms with van der Waals surface area (Å²) in [4.78, 5) is 22.9. The second kappa shape index (κ2) is 5.80. The minimum absolute atomic E-state index is 0.00167. The Morgan fingerprint density at radius 2 is 2.40 bits per heavy atom. The highest BCUT2D eigenvalue weighted by Gasteiger charge is 1.92. The van der Waals surface area contributed by atoms with Crippen molar-refractivity contribution in [3.05, 3.63) is 10.1 Å². The average molecular weight is 147 g/mol. The van der Waals surface area contributed by atoms with Crippen molar-refractivity contribution in [2.45, 2.75) is 6.42 Å². The maximum absolute atomic E-state index is 9.52. The lowest BCUT2D eigenvalue weighted by Crippen LogP contribution is -2.15. The van der Waals surface area contributed by atoms with Gasteiger partial charge < -0.3 is 10.2 Å². The third kappa shape index (κ3) is 6.67. The number of rotatable bonds is 6. The first-order valence-corrected chi connectivity index (χ1v) is 2.64. The Hall–Kier alpha value is -1.33. The highest BCUT2D eigenvalue weighted by molar-refractivity contribution is 5.46. The molecule has 0 fully saturated rings. The summed E-state index contributed by atoms with van der Waals surface area (Å²) in [5.74, 6) is 0. The number of nitrogens with zero attached hydrogens (tertiary/aromatic N) is 1. The Balaban J connectivity index is 2.90. The van der Waals surface area contributed by atoms with Crippen LogP contribution in [0, 0.1) is 10.1 Å². The summed E-state index contributed by atoms with van der Waals surface area (Å²) in [5.41, 5.74) is 0. The summed E-state index contributed by atoms with van der Waals surface area (Å²) in [7, 11) is 0. The van der Waals surface area contributed by atoms with Crippen molar-refractivity contribution in [1.82, 2.24) is 5.32 Å². The molecule has 0 unspecified atom stereocenters.